The molecule has 0 fully saturated rings. The summed E-state index contributed by atoms with van der Waals surface area (Å²) in [7, 11) is 0. The number of hydrogen-bond acceptors (Lipinski definition) is 2. The lowest BCUT2D eigenvalue weighted by Crippen LogP contribution is -2.23. The van der Waals surface area contributed by atoms with Crippen molar-refractivity contribution in [2.75, 3.05) is 11.9 Å². The predicted molar refractivity (Wildman–Crippen MR) is 79.8 cm³/mol. The van der Waals surface area contributed by atoms with Gasteiger partial charge in [-0.15, -0.1) is 0 Å². The van der Waals surface area contributed by atoms with E-state index in [9.17, 15) is 9.18 Å². The number of carboxylic acid groups (broad SMARTS) is 1. The molecular weight excluding hydrogens is 257 g/mol. The Labute approximate surface area is 120 Å². The lowest BCUT2D eigenvalue weighted by molar-refractivity contribution is 0.0696. The summed E-state index contributed by atoms with van der Waals surface area (Å²) in [4.78, 5) is 10.7. The van der Waals surface area contributed by atoms with Crippen molar-refractivity contribution >= 4 is 11.7 Å². The second kappa shape index (κ2) is 7.27. The van der Waals surface area contributed by atoms with Gasteiger partial charge in [-0.25, -0.2) is 9.18 Å². The van der Waals surface area contributed by atoms with Crippen LogP contribution in [-0.2, 0) is 0 Å². The summed E-state index contributed by atoms with van der Waals surface area (Å²) in [6, 6.07) is 3.95. The van der Waals surface area contributed by atoms with Crippen LogP contribution < -0.4 is 5.32 Å². The number of halogens is 1. The Morgan fingerprint density at radius 2 is 2.05 bits per heavy atom. The molecular formula is C16H24FNO2. The van der Waals surface area contributed by atoms with Gasteiger partial charge in [-0.1, -0.05) is 40.0 Å². The summed E-state index contributed by atoms with van der Waals surface area (Å²) in [6.45, 7) is 7.14. The van der Waals surface area contributed by atoms with Crippen molar-refractivity contribution in [1.82, 2.24) is 0 Å². The molecule has 1 rings (SSSR count). The molecule has 0 radical (unpaired) electrons. The molecule has 112 valence electrons. The van der Waals surface area contributed by atoms with Crippen LogP contribution in [-0.4, -0.2) is 17.6 Å². The van der Waals surface area contributed by atoms with E-state index in [0.29, 0.717) is 12.2 Å². The quantitative estimate of drug-likeness (QED) is 0.688. The van der Waals surface area contributed by atoms with Gasteiger partial charge in [0.25, 0.3) is 0 Å². The fourth-order valence-electron chi connectivity index (χ4n) is 2.07. The van der Waals surface area contributed by atoms with Gasteiger partial charge in [-0.2, -0.15) is 0 Å². The SMILES string of the molecule is CCCCCC(C)(C)CNc1ccc(C(=O)O)cc1F. The zero-order valence-electron chi connectivity index (χ0n) is 12.5. The van der Waals surface area contributed by atoms with Gasteiger partial charge in [-0.3, -0.25) is 0 Å². The van der Waals surface area contributed by atoms with Crippen LogP contribution in [0.25, 0.3) is 0 Å². The van der Waals surface area contributed by atoms with E-state index in [2.05, 4.69) is 26.1 Å². The summed E-state index contributed by atoms with van der Waals surface area (Å²) >= 11 is 0. The van der Waals surface area contributed by atoms with E-state index in [1.807, 2.05) is 0 Å². The summed E-state index contributed by atoms with van der Waals surface area (Å²) in [5, 5.41) is 11.9. The van der Waals surface area contributed by atoms with Gasteiger partial charge in [0.2, 0.25) is 0 Å². The van der Waals surface area contributed by atoms with Gasteiger partial charge in [-0.05, 0) is 30.0 Å². The lowest BCUT2D eigenvalue weighted by atomic mass is 9.87. The smallest absolute Gasteiger partial charge is 0.335 e. The fraction of sp³-hybridized carbons (Fsp3) is 0.562. The van der Waals surface area contributed by atoms with Crippen LogP contribution in [0, 0.1) is 11.2 Å². The van der Waals surface area contributed by atoms with E-state index < -0.39 is 11.8 Å². The zero-order valence-corrected chi connectivity index (χ0v) is 12.5. The van der Waals surface area contributed by atoms with E-state index in [0.717, 1.165) is 12.5 Å². The largest absolute Gasteiger partial charge is 0.478 e. The van der Waals surface area contributed by atoms with Crippen LogP contribution in [0.2, 0.25) is 0 Å². The highest BCUT2D eigenvalue weighted by atomic mass is 19.1. The minimum atomic E-state index is -1.12. The van der Waals surface area contributed by atoms with Crippen molar-refractivity contribution in [3.8, 4) is 0 Å². The number of anilines is 1. The van der Waals surface area contributed by atoms with Crippen LogP contribution in [0.15, 0.2) is 18.2 Å². The van der Waals surface area contributed by atoms with Crippen molar-refractivity contribution < 1.29 is 14.3 Å². The van der Waals surface area contributed by atoms with Gasteiger partial charge in [0.05, 0.1) is 11.3 Å². The van der Waals surface area contributed by atoms with E-state index in [1.54, 1.807) is 0 Å². The number of carboxylic acids is 1. The topological polar surface area (TPSA) is 49.3 Å². The molecule has 0 unspecified atom stereocenters. The first kappa shape index (κ1) is 16.5. The van der Waals surface area contributed by atoms with E-state index in [4.69, 9.17) is 5.11 Å². The van der Waals surface area contributed by atoms with Crippen LogP contribution in [0.4, 0.5) is 10.1 Å². The normalized spacial score (nSPS) is 11.4. The Morgan fingerprint density at radius 1 is 1.35 bits per heavy atom. The summed E-state index contributed by atoms with van der Waals surface area (Å²) in [5.41, 5.74) is 0.418. The molecule has 1 aromatic carbocycles. The molecule has 0 saturated carbocycles. The van der Waals surface area contributed by atoms with Gasteiger partial charge < -0.3 is 10.4 Å². The lowest BCUT2D eigenvalue weighted by Gasteiger charge is -2.25. The molecule has 0 aliphatic rings. The van der Waals surface area contributed by atoms with Gasteiger partial charge >= 0.3 is 5.97 Å². The minimum Gasteiger partial charge on any atom is -0.478 e. The minimum absolute atomic E-state index is 0.0322. The maximum atomic E-state index is 13.8. The Morgan fingerprint density at radius 3 is 2.60 bits per heavy atom. The highest BCUT2D eigenvalue weighted by Crippen LogP contribution is 2.25. The summed E-state index contributed by atoms with van der Waals surface area (Å²) in [5.74, 6) is -1.63. The Kier molecular flexibility index (Phi) is 5.99. The standard InChI is InChI=1S/C16H24FNO2/c1-4-5-6-9-16(2,3)11-18-14-8-7-12(15(19)20)10-13(14)17/h7-8,10,18H,4-6,9,11H2,1-3H3,(H,19,20). The molecule has 0 saturated heterocycles. The molecule has 20 heavy (non-hydrogen) atoms. The number of aromatic carboxylic acids is 1. The van der Waals surface area contributed by atoms with Crippen molar-refractivity contribution in [3.05, 3.63) is 29.6 Å². The summed E-state index contributed by atoms with van der Waals surface area (Å²) in [6.07, 6.45) is 4.66. The third-order valence-corrected chi connectivity index (χ3v) is 3.43. The average Bonchev–Trinajstić information content (AvgIpc) is 2.37. The molecule has 0 heterocycles. The molecule has 4 heteroatoms. The number of hydrogen-bond donors (Lipinski definition) is 2. The maximum Gasteiger partial charge on any atom is 0.335 e. The molecule has 2 N–H and O–H groups in total. The second-order valence-corrected chi connectivity index (χ2v) is 5.97. The van der Waals surface area contributed by atoms with Crippen LogP contribution in [0.1, 0.15) is 56.8 Å². The highest BCUT2D eigenvalue weighted by Gasteiger charge is 2.18. The first-order valence-corrected chi connectivity index (χ1v) is 7.12. The van der Waals surface area contributed by atoms with Gasteiger partial charge in [0.15, 0.2) is 0 Å². The molecule has 0 spiro atoms. The fourth-order valence-corrected chi connectivity index (χ4v) is 2.07. The number of nitrogens with one attached hydrogen (secondary N) is 1. The third kappa shape index (κ3) is 5.19. The molecule has 0 bridgehead atoms. The number of rotatable bonds is 8. The van der Waals surface area contributed by atoms with Crippen molar-refractivity contribution in [2.45, 2.75) is 46.5 Å². The first-order chi connectivity index (χ1) is 9.35. The molecule has 0 atom stereocenters. The molecule has 3 nitrogen and oxygen atoms in total. The van der Waals surface area contributed by atoms with Crippen molar-refractivity contribution in [1.29, 1.82) is 0 Å². The molecule has 0 aliphatic heterocycles. The number of carbonyl (C=O) groups is 1. The number of unbranched alkanes of at least 4 members (excludes halogenated alkanes) is 2. The number of benzene rings is 1. The maximum absolute atomic E-state index is 13.8. The Balaban J connectivity index is 2.58. The third-order valence-electron chi connectivity index (χ3n) is 3.43. The van der Waals surface area contributed by atoms with Crippen molar-refractivity contribution in [2.24, 2.45) is 5.41 Å². The van der Waals surface area contributed by atoms with Crippen LogP contribution in [0.5, 0.6) is 0 Å². The van der Waals surface area contributed by atoms with E-state index >= 15 is 0 Å². The highest BCUT2D eigenvalue weighted by molar-refractivity contribution is 5.88. The van der Waals surface area contributed by atoms with E-state index in [-0.39, 0.29) is 11.0 Å². The first-order valence-electron chi connectivity index (χ1n) is 7.12. The van der Waals surface area contributed by atoms with Gasteiger partial charge in [0, 0.05) is 6.54 Å². The average molecular weight is 281 g/mol. The molecule has 0 aromatic heterocycles. The van der Waals surface area contributed by atoms with Crippen molar-refractivity contribution in [3.63, 3.8) is 0 Å². The Bertz CT molecular complexity index is 458. The zero-order chi connectivity index (χ0) is 15.2. The second-order valence-electron chi connectivity index (χ2n) is 5.97. The van der Waals surface area contributed by atoms with E-state index in [1.165, 1.54) is 31.4 Å². The summed E-state index contributed by atoms with van der Waals surface area (Å²) < 4.78 is 13.8. The predicted octanol–water partition coefficient (Wildman–Crippen LogP) is 4.54. The van der Waals surface area contributed by atoms with Crippen LogP contribution in [0.3, 0.4) is 0 Å². The Hall–Kier alpha value is -1.58. The molecule has 0 amide bonds. The molecule has 0 aliphatic carbocycles. The monoisotopic (exact) mass is 281 g/mol. The van der Waals surface area contributed by atoms with Crippen LogP contribution >= 0.6 is 0 Å². The van der Waals surface area contributed by atoms with Gasteiger partial charge in [0.1, 0.15) is 5.82 Å². The molecule has 1 aromatic rings.